The summed E-state index contributed by atoms with van der Waals surface area (Å²) in [5.41, 5.74) is 1.84. The minimum atomic E-state index is -0.527. The standard InChI is InChI=1S/C22H28N2O3/c1-17-6-5-9-21(14-17)27-16-20(25)15-24-12-10-19(11-13-24)23-22(26)18-7-3-2-4-8-18/h2-9,14,19-20,25H,10-13,15-16H2,1H3,(H,23,26). The molecule has 3 rings (SSSR count). The van der Waals surface area contributed by atoms with Gasteiger partial charge in [-0.15, -0.1) is 0 Å². The highest BCUT2D eigenvalue weighted by Gasteiger charge is 2.22. The quantitative estimate of drug-likeness (QED) is 0.789. The van der Waals surface area contributed by atoms with Crippen molar-refractivity contribution in [3.63, 3.8) is 0 Å². The number of benzene rings is 2. The van der Waals surface area contributed by atoms with Gasteiger partial charge in [-0.3, -0.25) is 4.79 Å². The maximum absolute atomic E-state index is 12.2. The first-order valence-corrected chi connectivity index (χ1v) is 9.56. The normalized spacial score (nSPS) is 16.7. The van der Waals surface area contributed by atoms with Gasteiger partial charge >= 0.3 is 0 Å². The summed E-state index contributed by atoms with van der Waals surface area (Å²) in [5, 5.41) is 13.4. The lowest BCUT2D eigenvalue weighted by Crippen LogP contribution is -2.47. The Labute approximate surface area is 161 Å². The maximum Gasteiger partial charge on any atom is 0.251 e. The van der Waals surface area contributed by atoms with Crippen LogP contribution in [0.15, 0.2) is 54.6 Å². The predicted molar refractivity (Wildman–Crippen MR) is 106 cm³/mol. The van der Waals surface area contributed by atoms with Crippen LogP contribution in [0.5, 0.6) is 5.75 Å². The van der Waals surface area contributed by atoms with E-state index in [2.05, 4.69) is 10.2 Å². The average Bonchev–Trinajstić information content (AvgIpc) is 2.69. The fourth-order valence-corrected chi connectivity index (χ4v) is 3.37. The SMILES string of the molecule is Cc1cccc(OCC(O)CN2CCC(NC(=O)c3ccccc3)CC2)c1. The summed E-state index contributed by atoms with van der Waals surface area (Å²) in [6.07, 6.45) is 1.26. The summed E-state index contributed by atoms with van der Waals surface area (Å²) >= 11 is 0. The molecule has 1 aliphatic rings. The Balaban J connectivity index is 1.37. The highest BCUT2D eigenvalue weighted by atomic mass is 16.5. The van der Waals surface area contributed by atoms with Gasteiger partial charge < -0.3 is 20.1 Å². The first-order chi connectivity index (χ1) is 13.1. The molecule has 27 heavy (non-hydrogen) atoms. The van der Waals surface area contributed by atoms with Crippen LogP contribution in [0.2, 0.25) is 0 Å². The first kappa shape index (κ1) is 19.4. The summed E-state index contributed by atoms with van der Waals surface area (Å²) < 4.78 is 5.68. The van der Waals surface area contributed by atoms with E-state index in [4.69, 9.17) is 4.74 Å². The number of ether oxygens (including phenoxy) is 1. The van der Waals surface area contributed by atoms with Gasteiger partial charge in [0.1, 0.15) is 18.5 Å². The smallest absolute Gasteiger partial charge is 0.251 e. The summed E-state index contributed by atoms with van der Waals surface area (Å²) in [6, 6.07) is 17.3. The second-order valence-corrected chi connectivity index (χ2v) is 7.20. The minimum Gasteiger partial charge on any atom is -0.491 e. The third kappa shape index (κ3) is 6.08. The first-order valence-electron chi connectivity index (χ1n) is 9.56. The number of carbonyl (C=O) groups excluding carboxylic acids is 1. The predicted octanol–water partition coefficient (Wildman–Crippen LogP) is 2.63. The molecule has 0 aliphatic carbocycles. The number of carbonyl (C=O) groups is 1. The lowest BCUT2D eigenvalue weighted by Gasteiger charge is -2.33. The zero-order chi connectivity index (χ0) is 19.1. The molecule has 1 unspecified atom stereocenters. The Morgan fingerprint density at radius 2 is 1.93 bits per heavy atom. The topological polar surface area (TPSA) is 61.8 Å². The van der Waals surface area contributed by atoms with Gasteiger partial charge in [0.15, 0.2) is 0 Å². The number of aryl methyl sites for hydroxylation is 1. The number of likely N-dealkylation sites (tertiary alicyclic amines) is 1. The molecule has 144 valence electrons. The number of piperidine rings is 1. The van der Waals surface area contributed by atoms with Crippen molar-refractivity contribution in [3.05, 3.63) is 65.7 Å². The van der Waals surface area contributed by atoms with Crippen LogP contribution < -0.4 is 10.1 Å². The second kappa shape index (κ2) is 9.53. The van der Waals surface area contributed by atoms with Crippen LogP contribution in [0.25, 0.3) is 0 Å². The Morgan fingerprint density at radius 3 is 2.63 bits per heavy atom. The molecule has 1 heterocycles. The molecule has 0 aromatic heterocycles. The van der Waals surface area contributed by atoms with Gasteiger partial charge in [-0.25, -0.2) is 0 Å². The average molecular weight is 368 g/mol. The van der Waals surface area contributed by atoms with E-state index in [0.717, 1.165) is 37.2 Å². The fraction of sp³-hybridized carbons (Fsp3) is 0.409. The van der Waals surface area contributed by atoms with Gasteiger partial charge in [-0.2, -0.15) is 0 Å². The number of nitrogens with zero attached hydrogens (tertiary/aromatic N) is 1. The molecule has 1 amide bonds. The van der Waals surface area contributed by atoms with Crippen LogP contribution in [0.4, 0.5) is 0 Å². The molecular weight excluding hydrogens is 340 g/mol. The van der Waals surface area contributed by atoms with E-state index in [0.29, 0.717) is 12.1 Å². The Kier molecular flexibility index (Phi) is 6.85. The molecular formula is C22H28N2O3. The van der Waals surface area contributed by atoms with Gasteiger partial charge in [0.25, 0.3) is 5.91 Å². The minimum absolute atomic E-state index is 0.0133. The Morgan fingerprint density at radius 1 is 1.19 bits per heavy atom. The van der Waals surface area contributed by atoms with E-state index < -0.39 is 6.10 Å². The molecule has 2 N–H and O–H groups in total. The van der Waals surface area contributed by atoms with Crippen molar-refractivity contribution in [2.45, 2.75) is 31.9 Å². The number of rotatable bonds is 7. The molecule has 5 nitrogen and oxygen atoms in total. The lowest BCUT2D eigenvalue weighted by molar-refractivity contribution is 0.0567. The molecule has 0 bridgehead atoms. The number of aliphatic hydroxyl groups is 1. The molecule has 0 spiro atoms. The monoisotopic (exact) mass is 368 g/mol. The van der Waals surface area contributed by atoms with Crippen LogP contribution in [0, 0.1) is 6.92 Å². The van der Waals surface area contributed by atoms with E-state index in [-0.39, 0.29) is 18.6 Å². The zero-order valence-electron chi connectivity index (χ0n) is 15.8. The molecule has 1 aliphatic heterocycles. The summed E-state index contributed by atoms with van der Waals surface area (Å²) in [4.78, 5) is 14.5. The molecule has 2 aromatic rings. The van der Waals surface area contributed by atoms with Crippen LogP contribution >= 0.6 is 0 Å². The van der Waals surface area contributed by atoms with Gasteiger partial charge in [0.05, 0.1) is 0 Å². The lowest BCUT2D eigenvalue weighted by atomic mass is 10.0. The second-order valence-electron chi connectivity index (χ2n) is 7.20. The highest BCUT2D eigenvalue weighted by molar-refractivity contribution is 5.94. The molecule has 1 atom stereocenters. The van der Waals surface area contributed by atoms with Gasteiger partial charge in [-0.1, -0.05) is 30.3 Å². The molecule has 0 radical (unpaired) electrons. The largest absolute Gasteiger partial charge is 0.491 e. The summed E-state index contributed by atoms with van der Waals surface area (Å²) in [6.45, 7) is 4.62. The van der Waals surface area contributed by atoms with Crippen molar-refractivity contribution < 1.29 is 14.6 Å². The van der Waals surface area contributed by atoms with E-state index in [1.54, 1.807) is 0 Å². The van der Waals surface area contributed by atoms with Crippen molar-refractivity contribution in [3.8, 4) is 5.75 Å². The van der Waals surface area contributed by atoms with Crippen molar-refractivity contribution in [2.24, 2.45) is 0 Å². The van der Waals surface area contributed by atoms with Crippen LogP contribution in [0.1, 0.15) is 28.8 Å². The molecule has 2 aromatic carbocycles. The van der Waals surface area contributed by atoms with E-state index in [1.807, 2.05) is 61.5 Å². The number of hydrogen-bond acceptors (Lipinski definition) is 4. The van der Waals surface area contributed by atoms with Crippen LogP contribution in [-0.4, -0.2) is 54.3 Å². The molecule has 5 heteroatoms. The summed E-state index contributed by atoms with van der Waals surface area (Å²) in [5.74, 6) is 0.775. The highest BCUT2D eigenvalue weighted by Crippen LogP contribution is 2.14. The maximum atomic E-state index is 12.2. The third-order valence-electron chi connectivity index (χ3n) is 4.86. The Hall–Kier alpha value is -2.37. The number of hydrogen-bond donors (Lipinski definition) is 2. The van der Waals surface area contributed by atoms with Gasteiger partial charge in [0, 0.05) is 31.2 Å². The van der Waals surface area contributed by atoms with Crippen LogP contribution in [0.3, 0.4) is 0 Å². The van der Waals surface area contributed by atoms with Gasteiger partial charge in [0.2, 0.25) is 0 Å². The molecule has 1 saturated heterocycles. The van der Waals surface area contributed by atoms with E-state index in [1.165, 1.54) is 0 Å². The van der Waals surface area contributed by atoms with Gasteiger partial charge in [-0.05, 0) is 49.6 Å². The van der Waals surface area contributed by atoms with Crippen molar-refractivity contribution >= 4 is 5.91 Å². The third-order valence-corrected chi connectivity index (χ3v) is 4.86. The number of β-amino-alcohol motifs (C(OH)–C–C–N with tert-alkyl or cyclic N) is 1. The van der Waals surface area contributed by atoms with E-state index in [9.17, 15) is 9.90 Å². The number of amides is 1. The fourth-order valence-electron chi connectivity index (χ4n) is 3.37. The molecule has 0 saturated carbocycles. The Bertz CT molecular complexity index is 727. The number of nitrogens with one attached hydrogen (secondary N) is 1. The van der Waals surface area contributed by atoms with Crippen molar-refractivity contribution in [1.29, 1.82) is 0 Å². The van der Waals surface area contributed by atoms with Crippen LogP contribution in [-0.2, 0) is 0 Å². The van der Waals surface area contributed by atoms with E-state index >= 15 is 0 Å². The summed E-state index contributed by atoms with van der Waals surface area (Å²) in [7, 11) is 0. The van der Waals surface area contributed by atoms with Crippen molar-refractivity contribution in [1.82, 2.24) is 10.2 Å². The van der Waals surface area contributed by atoms with Crippen molar-refractivity contribution in [2.75, 3.05) is 26.2 Å². The molecule has 1 fully saturated rings. The number of aliphatic hydroxyl groups excluding tert-OH is 1. The zero-order valence-corrected chi connectivity index (χ0v) is 15.8.